The number of benzene rings is 1. The van der Waals surface area contributed by atoms with E-state index in [1.165, 1.54) is 0 Å². The summed E-state index contributed by atoms with van der Waals surface area (Å²) in [5, 5.41) is 3.84. The summed E-state index contributed by atoms with van der Waals surface area (Å²) in [7, 11) is 1.88. The van der Waals surface area contributed by atoms with Crippen LogP contribution in [0.25, 0.3) is 10.9 Å². The summed E-state index contributed by atoms with van der Waals surface area (Å²) < 4.78 is 1.88. The number of anilines is 1. The molecule has 0 saturated heterocycles. The van der Waals surface area contributed by atoms with Gasteiger partial charge in [0.05, 0.1) is 0 Å². The predicted molar refractivity (Wildman–Crippen MR) is 75.1 cm³/mol. The van der Waals surface area contributed by atoms with Crippen molar-refractivity contribution in [3.05, 3.63) is 60.4 Å². The van der Waals surface area contributed by atoms with E-state index in [9.17, 15) is 4.79 Å². The zero-order chi connectivity index (χ0) is 13.2. The topological polar surface area (TPSA) is 46.9 Å². The van der Waals surface area contributed by atoms with Gasteiger partial charge in [-0.3, -0.25) is 4.79 Å². The number of hydrogen-bond donors (Lipinski definition) is 1. The van der Waals surface area contributed by atoms with E-state index < -0.39 is 0 Å². The van der Waals surface area contributed by atoms with E-state index in [-0.39, 0.29) is 5.91 Å². The minimum atomic E-state index is -0.155. The minimum Gasteiger partial charge on any atom is -0.340 e. The van der Waals surface area contributed by atoms with Gasteiger partial charge in [-0.15, -0.1) is 0 Å². The standard InChI is InChI=1S/C15H13N3O/c1-18-12-7-3-2-6-11(12)10-13(18)15(19)17-14-8-4-5-9-16-14/h2-10H,1H3,(H,16,17,19). The van der Waals surface area contributed by atoms with E-state index in [1.807, 2.05) is 54.1 Å². The van der Waals surface area contributed by atoms with Gasteiger partial charge in [-0.1, -0.05) is 24.3 Å². The van der Waals surface area contributed by atoms with Crippen molar-refractivity contribution in [2.45, 2.75) is 0 Å². The molecule has 0 fully saturated rings. The van der Waals surface area contributed by atoms with Gasteiger partial charge in [0.2, 0.25) is 0 Å². The Hall–Kier alpha value is -2.62. The minimum absolute atomic E-state index is 0.155. The summed E-state index contributed by atoms with van der Waals surface area (Å²) in [5.74, 6) is 0.398. The summed E-state index contributed by atoms with van der Waals surface area (Å²) in [5.41, 5.74) is 1.65. The van der Waals surface area contributed by atoms with Crippen LogP contribution in [0.1, 0.15) is 10.5 Å². The van der Waals surface area contributed by atoms with Crippen molar-refractivity contribution in [2.24, 2.45) is 7.05 Å². The van der Waals surface area contributed by atoms with Gasteiger partial charge in [-0.25, -0.2) is 4.98 Å². The fourth-order valence-corrected chi connectivity index (χ4v) is 2.12. The fourth-order valence-electron chi connectivity index (χ4n) is 2.12. The Morgan fingerprint density at radius 1 is 1.16 bits per heavy atom. The Labute approximate surface area is 110 Å². The molecule has 1 aromatic carbocycles. The van der Waals surface area contributed by atoms with Crippen molar-refractivity contribution in [3.63, 3.8) is 0 Å². The van der Waals surface area contributed by atoms with E-state index in [0.29, 0.717) is 11.5 Å². The van der Waals surface area contributed by atoms with Gasteiger partial charge in [-0.2, -0.15) is 0 Å². The third-order valence-electron chi connectivity index (χ3n) is 3.09. The molecular formula is C15H13N3O. The molecule has 0 radical (unpaired) electrons. The average molecular weight is 251 g/mol. The molecule has 3 aromatic rings. The maximum Gasteiger partial charge on any atom is 0.273 e. The molecule has 2 heterocycles. The lowest BCUT2D eigenvalue weighted by molar-refractivity contribution is 0.101. The quantitative estimate of drug-likeness (QED) is 0.761. The van der Waals surface area contributed by atoms with Crippen LogP contribution in [-0.4, -0.2) is 15.5 Å². The average Bonchev–Trinajstić information content (AvgIpc) is 2.78. The van der Waals surface area contributed by atoms with Gasteiger partial charge in [0.15, 0.2) is 0 Å². The largest absolute Gasteiger partial charge is 0.340 e. The summed E-state index contributed by atoms with van der Waals surface area (Å²) >= 11 is 0. The number of nitrogens with zero attached hydrogens (tertiary/aromatic N) is 2. The van der Waals surface area contributed by atoms with Crippen molar-refractivity contribution in [1.29, 1.82) is 0 Å². The monoisotopic (exact) mass is 251 g/mol. The fraction of sp³-hybridized carbons (Fsp3) is 0.0667. The van der Waals surface area contributed by atoms with Crippen molar-refractivity contribution < 1.29 is 4.79 Å². The number of amides is 1. The molecule has 2 aromatic heterocycles. The van der Waals surface area contributed by atoms with Gasteiger partial charge in [0.1, 0.15) is 11.5 Å². The van der Waals surface area contributed by atoms with Gasteiger partial charge in [0, 0.05) is 24.1 Å². The van der Waals surface area contributed by atoms with Crippen LogP contribution >= 0.6 is 0 Å². The van der Waals surface area contributed by atoms with Crippen LogP contribution in [0.15, 0.2) is 54.7 Å². The maximum absolute atomic E-state index is 12.2. The number of aromatic nitrogens is 2. The van der Waals surface area contributed by atoms with Crippen LogP contribution in [0.3, 0.4) is 0 Å². The number of hydrogen-bond acceptors (Lipinski definition) is 2. The molecule has 0 aliphatic carbocycles. The highest BCUT2D eigenvalue weighted by Crippen LogP contribution is 2.18. The number of fused-ring (bicyclic) bond motifs is 1. The molecule has 0 atom stereocenters. The van der Waals surface area contributed by atoms with E-state index in [2.05, 4.69) is 10.3 Å². The van der Waals surface area contributed by atoms with E-state index in [0.717, 1.165) is 10.9 Å². The van der Waals surface area contributed by atoms with Crippen molar-refractivity contribution in [2.75, 3.05) is 5.32 Å². The highest BCUT2D eigenvalue weighted by Gasteiger charge is 2.13. The molecule has 3 rings (SSSR count). The number of rotatable bonds is 2. The first-order chi connectivity index (χ1) is 9.25. The van der Waals surface area contributed by atoms with Crippen molar-refractivity contribution in [1.82, 2.24) is 9.55 Å². The second-order valence-corrected chi connectivity index (χ2v) is 4.32. The lowest BCUT2D eigenvalue weighted by Gasteiger charge is -2.05. The highest BCUT2D eigenvalue weighted by atomic mass is 16.2. The SMILES string of the molecule is Cn1c(C(=O)Nc2ccccn2)cc2ccccc21. The summed E-state index contributed by atoms with van der Waals surface area (Å²) in [6, 6.07) is 15.2. The van der Waals surface area contributed by atoms with E-state index in [4.69, 9.17) is 0 Å². The third kappa shape index (κ3) is 2.08. The van der Waals surface area contributed by atoms with Gasteiger partial charge >= 0.3 is 0 Å². The van der Waals surface area contributed by atoms with Gasteiger partial charge in [-0.05, 0) is 24.3 Å². The Morgan fingerprint density at radius 2 is 1.95 bits per heavy atom. The number of nitrogens with one attached hydrogen (secondary N) is 1. The number of pyridine rings is 1. The first kappa shape index (κ1) is 11.5. The molecule has 0 aliphatic heterocycles. The second kappa shape index (κ2) is 4.57. The van der Waals surface area contributed by atoms with Crippen LogP contribution in [0.5, 0.6) is 0 Å². The van der Waals surface area contributed by atoms with E-state index in [1.54, 1.807) is 12.3 Å². The normalized spacial score (nSPS) is 10.6. The molecule has 0 unspecified atom stereocenters. The first-order valence-corrected chi connectivity index (χ1v) is 6.02. The Kier molecular flexibility index (Phi) is 2.76. The molecule has 94 valence electrons. The van der Waals surface area contributed by atoms with Crippen LogP contribution in [0.2, 0.25) is 0 Å². The Bertz CT molecular complexity index is 731. The molecule has 4 nitrogen and oxygen atoms in total. The molecule has 19 heavy (non-hydrogen) atoms. The lowest BCUT2D eigenvalue weighted by atomic mass is 10.2. The maximum atomic E-state index is 12.2. The zero-order valence-corrected chi connectivity index (χ0v) is 10.5. The molecule has 4 heteroatoms. The van der Waals surface area contributed by atoms with Crippen LogP contribution in [0.4, 0.5) is 5.82 Å². The van der Waals surface area contributed by atoms with Crippen LogP contribution < -0.4 is 5.32 Å². The molecule has 0 bridgehead atoms. The molecule has 0 aliphatic rings. The number of carbonyl (C=O) groups is 1. The van der Waals surface area contributed by atoms with Crippen molar-refractivity contribution in [3.8, 4) is 0 Å². The van der Waals surface area contributed by atoms with Gasteiger partial charge in [0.25, 0.3) is 5.91 Å². The molecular weight excluding hydrogens is 238 g/mol. The predicted octanol–water partition coefficient (Wildman–Crippen LogP) is 2.83. The summed E-state index contributed by atoms with van der Waals surface area (Å²) in [6.07, 6.45) is 1.65. The highest BCUT2D eigenvalue weighted by molar-refractivity contribution is 6.05. The van der Waals surface area contributed by atoms with Gasteiger partial charge < -0.3 is 9.88 Å². The van der Waals surface area contributed by atoms with Crippen molar-refractivity contribution >= 4 is 22.6 Å². The Morgan fingerprint density at radius 3 is 2.68 bits per heavy atom. The molecule has 0 spiro atoms. The first-order valence-electron chi connectivity index (χ1n) is 6.02. The summed E-state index contributed by atoms with van der Waals surface area (Å²) in [6.45, 7) is 0. The summed E-state index contributed by atoms with van der Waals surface area (Å²) in [4.78, 5) is 16.3. The molecule has 1 amide bonds. The smallest absolute Gasteiger partial charge is 0.273 e. The van der Waals surface area contributed by atoms with Crippen LogP contribution in [-0.2, 0) is 7.05 Å². The van der Waals surface area contributed by atoms with E-state index >= 15 is 0 Å². The van der Waals surface area contributed by atoms with Crippen LogP contribution in [0, 0.1) is 0 Å². The Balaban J connectivity index is 1.96. The third-order valence-corrected chi connectivity index (χ3v) is 3.09. The number of carbonyl (C=O) groups excluding carboxylic acids is 1. The lowest BCUT2D eigenvalue weighted by Crippen LogP contribution is -2.16. The molecule has 1 N–H and O–H groups in total. The molecule has 0 saturated carbocycles. The number of para-hydroxylation sites is 1. The second-order valence-electron chi connectivity index (χ2n) is 4.32. The number of aryl methyl sites for hydroxylation is 1. The zero-order valence-electron chi connectivity index (χ0n) is 10.5.